The highest BCUT2D eigenvalue weighted by Gasteiger charge is 2.35. The predicted octanol–water partition coefficient (Wildman–Crippen LogP) is 2.18. The van der Waals surface area contributed by atoms with Gasteiger partial charge in [-0.25, -0.2) is 0 Å². The molecule has 2 aromatic rings. The number of benzene rings is 1. The van der Waals surface area contributed by atoms with Crippen LogP contribution in [-0.4, -0.2) is 31.0 Å². The van der Waals surface area contributed by atoms with Gasteiger partial charge in [0.2, 0.25) is 11.8 Å². The van der Waals surface area contributed by atoms with E-state index in [0.29, 0.717) is 36.2 Å². The number of nitrogens with two attached hydrogens (primary N) is 1. The number of nitrogens with one attached hydrogen (secondary N) is 1. The molecule has 26 heavy (non-hydrogen) atoms. The molecule has 0 bridgehead atoms. The zero-order valence-electron chi connectivity index (χ0n) is 14.8. The van der Waals surface area contributed by atoms with Crippen LogP contribution in [0, 0.1) is 11.3 Å². The first kappa shape index (κ1) is 17.6. The summed E-state index contributed by atoms with van der Waals surface area (Å²) in [4.78, 5) is 0. The van der Waals surface area contributed by atoms with Crippen LogP contribution in [0.2, 0.25) is 0 Å². The van der Waals surface area contributed by atoms with Crippen LogP contribution in [-0.2, 0) is 11.3 Å². The maximum absolute atomic E-state index is 9.66. The summed E-state index contributed by atoms with van der Waals surface area (Å²) in [6.07, 6.45) is 0. The van der Waals surface area contributed by atoms with Gasteiger partial charge in [-0.2, -0.15) is 5.26 Å². The first-order chi connectivity index (χ1) is 12.6. The number of H-pyrrole nitrogens is 1. The maximum Gasteiger partial charge on any atom is 0.244 e. The van der Waals surface area contributed by atoms with E-state index in [9.17, 15) is 5.26 Å². The van der Waals surface area contributed by atoms with Crippen molar-refractivity contribution in [1.82, 2.24) is 10.2 Å². The van der Waals surface area contributed by atoms with Gasteiger partial charge in [0.25, 0.3) is 0 Å². The third-order valence-electron chi connectivity index (χ3n) is 4.13. The van der Waals surface area contributed by atoms with Gasteiger partial charge in [0.1, 0.15) is 11.6 Å². The van der Waals surface area contributed by atoms with E-state index < -0.39 is 5.92 Å². The van der Waals surface area contributed by atoms with Crippen LogP contribution in [0.4, 0.5) is 0 Å². The fourth-order valence-corrected chi connectivity index (χ4v) is 3.04. The largest absolute Gasteiger partial charge is 0.493 e. The molecule has 136 valence electrons. The number of rotatable bonds is 6. The van der Waals surface area contributed by atoms with Crippen LogP contribution in [0.25, 0.3) is 0 Å². The molecule has 0 saturated carbocycles. The normalized spacial score (nSPS) is 15.8. The topological polar surface area (TPSA) is 115 Å². The highest BCUT2D eigenvalue weighted by molar-refractivity contribution is 5.57. The van der Waals surface area contributed by atoms with Crippen LogP contribution in [0.1, 0.15) is 29.7 Å². The maximum atomic E-state index is 9.66. The number of aromatic amines is 1. The Morgan fingerprint density at radius 2 is 2.15 bits per heavy atom. The first-order valence-corrected chi connectivity index (χ1v) is 8.08. The van der Waals surface area contributed by atoms with Crippen molar-refractivity contribution in [3.05, 3.63) is 46.5 Å². The zero-order valence-corrected chi connectivity index (χ0v) is 14.8. The summed E-state index contributed by atoms with van der Waals surface area (Å²) in [6.45, 7) is 2.68. The number of nitriles is 1. The van der Waals surface area contributed by atoms with Crippen LogP contribution >= 0.6 is 0 Å². The molecule has 2 heterocycles. The van der Waals surface area contributed by atoms with Crippen LogP contribution in [0.5, 0.6) is 17.4 Å². The Labute approximate surface area is 151 Å². The van der Waals surface area contributed by atoms with E-state index in [1.54, 1.807) is 20.3 Å². The molecule has 1 aromatic heterocycles. The Bertz CT molecular complexity index is 882. The van der Waals surface area contributed by atoms with Crippen molar-refractivity contribution in [2.45, 2.75) is 19.4 Å². The van der Waals surface area contributed by atoms with Gasteiger partial charge in [-0.1, -0.05) is 6.07 Å². The van der Waals surface area contributed by atoms with Crippen molar-refractivity contribution in [2.24, 2.45) is 5.73 Å². The lowest BCUT2D eigenvalue weighted by Gasteiger charge is -2.24. The lowest BCUT2D eigenvalue weighted by atomic mass is 9.84. The number of fused-ring (bicyclic) bond motifs is 1. The standard InChI is InChI=1S/C18H20N4O4/c1-4-25-14-7-10(5-6-13(14)24-3)15-11(8-19)17(20)26-18-16(15)12(9-23-2)21-22-18/h5-7,15H,4,9,20H2,1-3H3,(H,21,22)/t15-/m0/s1. The molecule has 1 aromatic carbocycles. The van der Waals surface area contributed by atoms with Crippen LogP contribution < -0.4 is 19.9 Å². The fourth-order valence-electron chi connectivity index (χ4n) is 3.04. The SMILES string of the molecule is CCOc1cc([C@H]2C(C#N)=C(N)Oc3n[nH]c(COC)c32)ccc1OC. The lowest BCUT2D eigenvalue weighted by molar-refractivity contribution is 0.180. The molecule has 0 amide bonds. The molecule has 3 N–H and O–H groups in total. The number of ether oxygens (including phenoxy) is 4. The van der Waals surface area contributed by atoms with Gasteiger partial charge >= 0.3 is 0 Å². The molecule has 1 aliphatic heterocycles. The van der Waals surface area contributed by atoms with Gasteiger partial charge < -0.3 is 24.7 Å². The smallest absolute Gasteiger partial charge is 0.244 e. The zero-order chi connectivity index (χ0) is 18.7. The molecule has 0 aliphatic carbocycles. The summed E-state index contributed by atoms with van der Waals surface area (Å²) in [5.41, 5.74) is 8.54. The van der Waals surface area contributed by atoms with Gasteiger partial charge in [-0.15, -0.1) is 5.10 Å². The molecular weight excluding hydrogens is 336 g/mol. The average Bonchev–Trinajstić information content (AvgIpc) is 3.03. The van der Waals surface area contributed by atoms with E-state index in [2.05, 4.69) is 16.3 Å². The summed E-state index contributed by atoms with van der Waals surface area (Å²) >= 11 is 0. The van der Waals surface area contributed by atoms with Gasteiger partial charge in [-0.3, -0.25) is 5.10 Å². The Morgan fingerprint density at radius 1 is 1.35 bits per heavy atom. The summed E-state index contributed by atoms with van der Waals surface area (Å²) in [5, 5.41) is 16.7. The summed E-state index contributed by atoms with van der Waals surface area (Å²) in [7, 11) is 3.16. The van der Waals surface area contributed by atoms with Crippen molar-refractivity contribution < 1.29 is 18.9 Å². The number of aromatic nitrogens is 2. The molecule has 1 atom stereocenters. The average molecular weight is 356 g/mol. The third-order valence-corrected chi connectivity index (χ3v) is 4.13. The van der Waals surface area contributed by atoms with Gasteiger partial charge in [0, 0.05) is 7.11 Å². The van der Waals surface area contributed by atoms with E-state index in [0.717, 1.165) is 16.8 Å². The van der Waals surface area contributed by atoms with Gasteiger partial charge in [-0.05, 0) is 24.6 Å². The highest BCUT2D eigenvalue weighted by Crippen LogP contribution is 2.44. The number of hydrogen-bond donors (Lipinski definition) is 2. The number of nitrogens with zero attached hydrogens (tertiary/aromatic N) is 2. The van der Waals surface area contributed by atoms with E-state index in [1.807, 2.05) is 19.1 Å². The fraction of sp³-hybridized carbons (Fsp3) is 0.333. The quantitative estimate of drug-likeness (QED) is 0.815. The van der Waals surface area contributed by atoms with E-state index in [-0.39, 0.29) is 5.88 Å². The molecule has 0 saturated heterocycles. The minimum absolute atomic E-state index is 0.0363. The van der Waals surface area contributed by atoms with Crippen molar-refractivity contribution in [1.29, 1.82) is 5.26 Å². The second kappa shape index (κ2) is 7.37. The minimum Gasteiger partial charge on any atom is -0.493 e. The van der Waals surface area contributed by atoms with Crippen molar-refractivity contribution in [3.8, 4) is 23.4 Å². The Hall–Kier alpha value is -3.18. The minimum atomic E-state index is -0.447. The molecule has 8 nitrogen and oxygen atoms in total. The van der Waals surface area contributed by atoms with Gasteiger partial charge in [0.15, 0.2) is 11.5 Å². The Kier molecular flexibility index (Phi) is 5.00. The Morgan fingerprint density at radius 3 is 2.81 bits per heavy atom. The number of hydrogen-bond acceptors (Lipinski definition) is 7. The van der Waals surface area contributed by atoms with Crippen molar-refractivity contribution >= 4 is 0 Å². The first-order valence-electron chi connectivity index (χ1n) is 8.08. The molecular formula is C18H20N4O4. The summed E-state index contributed by atoms with van der Waals surface area (Å²) in [6, 6.07) is 7.67. The van der Waals surface area contributed by atoms with Gasteiger partial charge in [0.05, 0.1) is 37.5 Å². The third kappa shape index (κ3) is 2.93. The lowest BCUT2D eigenvalue weighted by Crippen LogP contribution is -2.21. The molecule has 3 rings (SSSR count). The predicted molar refractivity (Wildman–Crippen MR) is 92.8 cm³/mol. The summed E-state index contributed by atoms with van der Waals surface area (Å²) < 4.78 is 21.8. The second-order valence-corrected chi connectivity index (χ2v) is 5.62. The van der Waals surface area contributed by atoms with Crippen molar-refractivity contribution in [3.63, 3.8) is 0 Å². The monoisotopic (exact) mass is 356 g/mol. The molecule has 0 radical (unpaired) electrons. The molecule has 0 unspecified atom stereocenters. The Balaban J connectivity index is 2.18. The van der Waals surface area contributed by atoms with Crippen molar-refractivity contribution in [2.75, 3.05) is 20.8 Å². The van der Waals surface area contributed by atoms with Crippen LogP contribution in [0.3, 0.4) is 0 Å². The van der Waals surface area contributed by atoms with E-state index >= 15 is 0 Å². The summed E-state index contributed by atoms with van der Waals surface area (Å²) in [5.74, 6) is 1.13. The van der Waals surface area contributed by atoms with Crippen LogP contribution in [0.15, 0.2) is 29.7 Å². The number of methoxy groups -OCH3 is 2. The molecule has 1 aliphatic rings. The second-order valence-electron chi connectivity index (χ2n) is 5.62. The molecule has 8 heteroatoms. The molecule has 0 fully saturated rings. The molecule has 0 spiro atoms. The highest BCUT2D eigenvalue weighted by atomic mass is 16.5. The van der Waals surface area contributed by atoms with E-state index in [4.69, 9.17) is 24.7 Å². The van der Waals surface area contributed by atoms with E-state index in [1.165, 1.54) is 0 Å². The number of allylic oxidation sites excluding steroid dienone is 1.